The largest absolute Gasteiger partial charge is 0.363 e. The fraction of sp³-hybridized carbons (Fsp3) is 0.312. The summed E-state index contributed by atoms with van der Waals surface area (Å²) in [5, 5.41) is 0. The highest BCUT2D eigenvalue weighted by molar-refractivity contribution is 5.22. The van der Waals surface area contributed by atoms with Gasteiger partial charge in [-0.05, 0) is 37.6 Å². The Hall–Kier alpha value is -1.83. The highest BCUT2D eigenvalue weighted by atomic mass is 15.2. The first-order valence-corrected chi connectivity index (χ1v) is 6.40. The number of rotatable bonds is 5. The zero-order valence-electron chi connectivity index (χ0n) is 10.8. The van der Waals surface area contributed by atoms with Crippen LogP contribution >= 0.6 is 0 Å². The van der Waals surface area contributed by atoms with Crippen molar-refractivity contribution in [3.63, 3.8) is 0 Å². The molecule has 0 spiro atoms. The maximum atomic E-state index is 4.57. The van der Waals surface area contributed by atoms with Crippen LogP contribution in [0.2, 0.25) is 0 Å². The van der Waals surface area contributed by atoms with Gasteiger partial charge in [-0.1, -0.05) is 24.3 Å². The van der Waals surface area contributed by atoms with E-state index in [2.05, 4.69) is 47.5 Å². The molecule has 2 heteroatoms. The number of hydrogen-bond donors (Lipinski definition) is 0. The van der Waals surface area contributed by atoms with Crippen molar-refractivity contribution in [2.24, 2.45) is 0 Å². The fourth-order valence-electron chi connectivity index (χ4n) is 2.66. The molecule has 0 radical (unpaired) electrons. The van der Waals surface area contributed by atoms with Gasteiger partial charge in [0.2, 0.25) is 0 Å². The van der Waals surface area contributed by atoms with Crippen molar-refractivity contribution < 1.29 is 0 Å². The Kier molecular flexibility index (Phi) is 3.98. The van der Waals surface area contributed by atoms with Gasteiger partial charge in [0.05, 0.1) is 11.2 Å². The summed E-state index contributed by atoms with van der Waals surface area (Å²) in [5.74, 6) is 0. The lowest BCUT2D eigenvalue weighted by Gasteiger charge is -2.44. The van der Waals surface area contributed by atoms with E-state index in [1.54, 1.807) is 0 Å². The first kappa shape index (κ1) is 12.6. The number of pyridine rings is 1. The normalized spacial score (nSPS) is 22.8. The smallest absolute Gasteiger partial charge is 0.0858 e. The van der Waals surface area contributed by atoms with E-state index in [4.69, 9.17) is 0 Å². The van der Waals surface area contributed by atoms with Crippen LogP contribution in [0.3, 0.4) is 0 Å². The molecule has 1 unspecified atom stereocenters. The van der Waals surface area contributed by atoms with E-state index in [0.29, 0.717) is 0 Å². The summed E-state index contributed by atoms with van der Waals surface area (Å²) in [7, 11) is 0. The van der Waals surface area contributed by atoms with E-state index in [1.165, 1.54) is 0 Å². The summed E-state index contributed by atoms with van der Waals surface area (Å²) in [5.41, 5.74) is 1.06. The van der Waals surface area contributed by atoms with Crippen molar-refractivity contribution in [3.8, 4) is 0 Å². The maximum Gasteiger partial charge on any atom is 0.0858 e. The molecule has 18 heavy (non-hydrogen) atoms. The van der Waals surface area contributed by atoms with Crippen LogP contribution in [-0.2, 0) is 5.54 Å². The lowest BCUT2D eigenvalue weighted by Crippen LogP contribution is -2.45. The number of hydrogen-bond acceptors (Lipinski definition) is 2. The lowest BCUT2D eigenvalue weighted by molar-refractivity contribution is 0.132. The zero-order chi connectivity index (χ0) is 12.8. The predicted octanol–water partition coefficient (Wildman–Crippen LogP) is 3.65. The van der Waals surface area contributed by atoms with Gasteiger partial charge in [0.15, 0.2) is 0 Å². The second kappa shape index (κ2) is 5.67. The third-order valence-electron chi connectivity index (χ3n) is 3.51. The monoisotopic (exact) mass is 240 g/mol. The third kappa shape index (κ3) is 2.23. The quantitative estimate of drug-likeness (QED) is 0.730. The fourth-order valence-corrected chi connectivity index (χ4v) is 2.66. The van der Waals surface area contributed by atoms with Crippen LogP contribution in [0.15, 0.2) is 62.0 Å². The minimum absolute atomic E-state index is 0.0635. The molecule has 2 heterocycles. The van der Waals surface area contributed by atoms with E-state index in [-0.39, 0.29) is 5.54 Å². The molecular weight excluding hydrogens is 220 g/mol. The van der Waals surface area contributed by atoms with Crippen molar-refractivity contribution in [1.82, 2.24) is 9.88 Å². The van der Waals surface area contributed by atoms with Crippen LogP contribution < -0.4 is 0 Å². The molecule has 1 aliphatic heterocycles. The summed E-state index contributed by atoms with van der Waals surface area (Å²) >= 11 is 0. The predicted molar refractivity (Wildman–Crippen MR) is 76.0 cm³/mol. The highest BCUT2D eigenvalue weighted by Crippen LogP contribution is 2.38. The Labute approximate surface area is 109 Å². The van der Waals surface area contributed by atoms with E-state index in [9.17, 15) is 0 Å². The molecule has 1 aliphatic rings. The minimum Gasteiger partial charge on any atom is -0.363 e. The van der Waals surface area contributed by atoms with Gasteiger partial charge in [0.25, 0.3) is 0 Å². The van der Waals surface area contributed by atoms with Gasteiger partial charge in [-0.25, -0.2) is 0 Å². The first-order valence-electron chi connectivity index (χ1n) is 6.40. The summed E-state index contributed by atoms with van der Waals surface area (Å²) in [6.45, 7) is 8.60. The van der Waals surface area contributed by atoms with Crippen molar-refractivity contribution in [1.29, 1.82) is 0 Å². The molecule has 0 saturated heterocycles. The van der Waals surface area contributed by atoms with Gasteiger partial charge in [-0.3, -0.25) is 4.98 Å². The zero-order valence-corrected chi connectivity index (χ0v) is 10.8. The van der Waals surface area contributed by atoms with E-state index >= 15 is 0 Å². The molecule has 0 bridgehead atoms. The molecule has 1 aromatic rings. The summed E-state index contributed by atoms with van der Waals surface area (Å²) in [6.07, 6.45) is 13.2. The van der Waals surface area contributed by atoms with Crippen molar-refractivity contribution >= 4 is 0 Å². The van der Waals surface area contributed by atoms with Crippen LogP contribution in [0, 0.1) is 0 Å². The molecule has 0 aliphatic carbocycles. The van der Waals surface area contributed by atoms with Gasteiger partial charge in [0.1, 0.15) is 0 Å². The first-order chi connectivity index (χ1) is 8.83. The van der Waals surface area contributed by atoms with Gasteiger partial charge in [0, 0.05) is 12.7 Å². The summed E-state index contributed by atoms with van der Waals surface area (Å²) in [6, 6.07) is 6.12. The molecule has 2 nitrogen and oxygen atoms in total. The molecule has 0 N–H and O–H groups in total. The van der Waals surface area contributed by atoms with Crippen LogP contribution in [0.25, 0.3) is 0 Å². The molecule has 2 rings (SSSR count). The topological polar surface area (TPSA) is 16.1 Å². The second-order valence-corrected chi connectivity index (χ2v) is 4.60. The van der Waals surface area contributed by atoms with E-state index in [0.717, 1.165) is 31.5 Å². The Morgan fingerprint density at radius 1 is 1.33 bits per heavy atom. The van der Waals surface area contributed by atoms with Crippen LogP contribution in [-0.4, -0.2) is 16.4 Å². The molecule has 94 valence electrons. The van der Waals surface area contributed by atoms with Crippen LogP contribution in [0.1, 0.15) is 25.0 Å². The maximum absolute atomic E-state index is 4.57. The Bertz CT molecular complexity index is 436. The highest BCUT2D eigenvalue weighted by Gasteiger charge is 2.37. The molecule has 1 atom stereocenters. The summed E-state index contributed by atoms with van der Waals surface area (Å²) < 4.78 is 0. The van der Waals surface area contributed by atoms with Crippen LogP contribution in [0.4, 0.5) is 0 Å². The summed E-state index contributed by atoms with van der Waals surface area (Å²) in [4.78, 5) is 6.89. The lowest BCUT2D eigenvalue weighted by atomic mass is 9.82. The average Bonchev–Trinajstić information content (AvgIpc) is 2.43. The molecule has 1 aromatic heterocycles. The minimum atomic E-state index is -0.0635. The van der Waals surface area contributed by atoms with Crippen molar-refractivity contribution in [2.75, 3.05) is 6.54 Å². The Balaban J connectivity index is 2.44. The van der Waals surface area contributed by atoms with Crippen molar-refractivity contribution in [3.05, 3.63) is 67.7 Å². The van der Waals surface area contributed by atoms with E-state index < -0.39 is 0 Å². The molecular formula is C16H20N2. The van der Waals surface area contributed by atoms with Gasteiger partial charge < -0.3 is 4.90 Å². The molecule has 0 saturated carbocycles. The Morgan fingerprint density at radius 2 is 2.22 bits per heavy atom. The number of allylic oxidation sites excluding steroid dienone is 1. The number of nitrogens with zero attached hydrogens (tertiary/aromatic N) is 2. The van der Waals surface area contributed by atoms with E-state index in [1.807, 2.05) is 24.4 Å². The molecule has 0 amide bonds. The third-order valence-corrected chi connectivity index (χ3v) is 3.51. The van der Waals surface area contributed by atoms with Gasteiger partial charge in [-0.15, -0.1) is 13.2 Å². The van der Waals surface area contributed by atoms with Crippen LogP contribution in [0.5, 0.6) is 0 Å². The number of aromatic nitrogens is 1. The average molecular weight is 240 g/mol. The van der Waals surface area contributed by atoms with Crippen molar-refractivity contribution in [2.45, 2.75) is 24.8 Å². The second-order valence-electron chi connectivity index (χ2n) is 4.60. The SMILES string of the molecule is C=CCN1C=CCCC1(CC=C)c1ccccn1. The van der Waals surface area contributed by atoms with Gasteiger partial charge >= 0.3 is 0 Å². The molecule has 0 fully saturated rings. The molecule has 0 aromatic carbocycles. The standard InChI is InChI=1S/C16H20N2/c1-3-10-16(15-9-5-7-12-17-15)11-6-8-14-18(16)13-4-2/h3-5,7-9,12,14H,1-2,6,10-11,13H2. The van der Waals surface area contributed by atoms with Gasteiger partial charge in [-0.2, -0.15) is 0 Å². The Morgan fingerprint density at radius 3 is 2.89 bits per heavy atom.